The number of nitrogens with two attached hydrogens (primary N) is 1. The Kier molecular flexibility index (Phi) is 4.68. The van der Waals surface area contributed by atoms with Crippen LogP contribution in [0.3, 0.4) is 0 Å². The molecule has 0 unspecified atom stereocenters. The van der Waals surface area contributed by atoms with Crippen molar-refractivity contribution >= 4 is 16.7 Å². The van der Waals surface area contributed by atoms with Crippen LogP contribution >= 0.6 is 0 Å². The summed E-state index contributed by atoms with van der Waals surface area (Å²) in [6.45, 7) is 4.68. The lowest BCUT2D eigenvalue weighted by molar-refractivity contribution is -0.173. The number of benzene rings is 2. The number of rotatable bonds is 6. The summed E-state index contributed by atoms with van der Waals surface area (Å²) in [5.74, 6) is 2.21. The number of aromatic nitrogens is 1. The Hall–Kier alpha value is -3.03. The monoisotopic (exact) mass is 512 g/mol. The summed E-state index contributed by atoms with van der Waals surface area (Å²) in [6.07, 6.45) is 6.24. The van der Waals surface area contributed by atoms with Gasteiger partial charge in [0.25, 0.3) is 0 Å². The lowest BCUT2D eigenvalue weighted by Gasteiger charge is -2.62. The molecule has 2 bridgehead atoms. The molecule has 1 saturated heterocycles. The van der Waals surface area contributed by atoms with Gasteiger partial charge in [-0.1, -0.05) is 19.1 Å². The number of ether oxygens (including phenoxy) is 1. The average molecular weight is 513 g/mol. The second-order valence-corrected chi connectivity index (χ2v) is 12.4. The van der Waals surface area contributed by atoms with Gasteiger partial charge in [-0.3, -0.25) is 9.89 Å². The number of hydrogen-bond acceptors (Lipinski definition) is 5. The third kappa shape index (κ3) is 2.89. The van der Waals surface area contributed by atoms with Crippen molar-refractivity contribution in [3.05, 3.63) is 58.3 Å². The minimum Gasteiger partial charge on any atom is -0.504 e. The second kappa shape index (κ2) is 7.76. The van der Waals surface area contributed by atoms with Crippen LogP contribution in [-0.4, -0.2) is 50.7 Å². The first-order valence-electron chi connectivity index (χ1n) is 14.3. The SMILES string of the molecule is CCCC(N)=NCc1ccc2[nH]c3c(c2c1)C[C@@]1(O)[C@H]2Cc4ccc(O)c5c4[C@@]1(CCN2CC1CC1)[C@H]3O5. The van der Waals surface area contributed by atoms with Gasteiger partial charge in [-0.05, 0) is 79.5 Å². The summed E-state index contributed by atoms with van der Waals surface area (Å²) >= 11 is 0. The number of nitrogens with zero attached hydrogens (tertiary/aromatic N) is 2. The zero-order valence-electron chi connectivity index (χ0n) is 22.0. The fourth-order valence-electron chi connectivity index (χ4n) is 8.30. The average Bonchev–Trinajstić information content (AvgIpc) is 3.54. The smallest absolute Gasteiger partial charge is 0.166 e. The van der Waals surface area contributed by atoms with E-state index in [1.807, 2.05) is 0 Å². The second-order valence-electron chi connectivity index (χ2n) is 12.4. The Labute approximate surface area is 222 Å². The number of piperidine rings is 1. The molecule has 0 radical (unpaired) electrons. The van der Waals surface area contributed by atoms with Gasteiger partial charge >= 0.3 is 0 Å². The van der Waals surface area contributed by atoms with Crippen molar-refractivity contribution in [3.63, 3.8) is 0 Å². The molecule has 2 aromatic carbocycles. The minimum absolute atomic E-state index is 0.0330. The van der Waals surface area contributed by atoms with Crippen molar-refractivity contribution in [3.8, 4) is 11.5 Å². The highest BCUT2D eigenvalue weighted by molar-refractivity contribution is 5.87. The van der Waals surface area contributed by atoms with E-state index < -0.39 is 11.0 Å². The Bertz CT molecular complexity index is 1510. The van der Waals surface area contributed by atoms with Gasteiger partial charge < -0.3 is 25.7 Å². The molecule has 2 fully saturated rings. The highest BCUT2D eigenvalue weighted by atomic mass is 16.5. The van der Waals surface area contributed by atoms with Gasteiger partial charge in [0, 0.05) is 41.9 Å². The fourth-order valence-corrected chi connectivity index (χ4v) is 8.30. The van der Waals surface area contributed by atoms with Gasteiger partial charge in [0.05, 0.1) is 29.1 Å². The van der Waals surface area contributed by atoms with Crippen LogP contribution < -0.4 is 10.5 Å². The zero-order chi connectivity index (χ0) is 25.8. The van der Waals surface area contributed by atoms with Gasteiger partial charge in [-0.15, -0.1) is 0 Å². The van der Waals surface area contributed by atoms with Crippen LogP contribution in [0.5, 0.6) is 11.5 Å². The fraction of sp³-hybridized carbons (Fsp3) is 0.516. The molecule has 38 heavy (non-hydrogen) atoms. The number of amidine groups is 1. The number of fused-ring (bicyclic) bond motifs is 4. The lowest BCUT2D eigenvalue weighted by Crippen LogP contribution is -2.74. The third-order valence-electron chi connectivity index (χ3n) is 10.2. The molecule has 5 N–H and O–H groups in total. The molecule has 1 spiro atoms. The number of aliphatic hydroxyl groups is 1. The van der Waals surface area contributed by atoms with Crippen molar-refractivity contribution in [2.45, 2.75) is 81.6 Å². The Morgan fingerprint density at radius 1 is 1.26 bits per heavy atom. The maximum atomic E-state index is 13.0. The normalized spacial score (nSPS) is 31.3. The van der Waals surface area contributed by atoms with E-state index in [1.165, 1.54) is 18.4 Å². The highest BCUT2D eigenvalue weighted by Crippen LogP contribution is 2.69. The number of aromatic amines is 1. The van der Waals surface area contributed by atoms with E-state index in [1.54, 1.807) is 6.07 Å². The maximum Gasteiger partial charge on any atom is 0.166 e. The molecule has 0 amide bonds. The van der Waals surface area contributed by atoms with Crippen LogP contribution in [0.2, 0.25) is 0 Å². The third-order valence-corrected chi connectivity index (χ3v) is 10.2. The first kappa shape index (κ1) is 22.9. The van der Waals surface area contributed by atoms with Crippen LogP contribution in [0.15, 0.2) is 35.3 Å². The quantitative estimate of drug-likeness (QED) is 0.292. The molecule has 3 aliphatic carbocycles. The summed E-state index contributed by atoms with van der Waals surface area (Å²) in [4.78, 5) is 10.9. The standard InChI is InChI=1S/C31H36N4O3/c1-2-3-25(32)33-15-18-6-8-22-20(12-18)21-14-31(37)24-13-19-7-9-23(36)28-26(19)30(31,29(38-28)27(21)34-22)10-11-35(24)16-17-4-5-17/h6-9,12,17,24,29,34,36-37H,2-5,10-11,13-16H2,1H3,(H2,32,33)/t24-,29+,30+,31-/m1/s1. The van der Waals surface area contributed by atoms with Crippen LogP contribution in [-0.2, 0) is 24.8 Å². The lowest BCUT2D eigenvalue weighted by atomic mass is 9.49. The molecular formula is C31H36N4O3. The summed E-state index contributed by atoms with van der Waals surface area (Å²) < 4.78 is 6.70. The highest BCUT2D eigenvalue weighted by Gasteiger charge is 2.72. The topological polar surface area (TPSA) is 107 Å². The van der Waals surface area contributed by atoms with Gasteiger partial charge in [0.1, 0.15) is 0 Å². The van der Waals surface area contributed by atoms with Crippen molar-refractivity contribution in [2.75, 3.05) is 13.1 Å². The molecule has 1 aromatic heterocycles. The van der Waals surface area contributed by atoms with Gasteiger partial charge in [-0.2, -0.15) is 0 Å². The molecule has 7 nitrogen and oxygen atoms in total. The van der Waals surface area contributed by atoms with E-state index in [0.29, 0.717) is 24.6 Å². The van der Waals surface area contributed by atoms with Crippen molar-refractivity contribution in [1.82, 2.24) is 9.88 Å². The number of H-pyrrole nitrogens is 1. The predicted molar refractivity (Wildman–Crippen MR) is 147 cm³/mol. The summed E-state index contributed by atoms with van der Waals surface area (Å²) in [7, 11) is 0. The first-order chi connectivity index (χ1) is 18.4. The van der Waals surface area contributed by atoms with Crippen molar-refractivity contribution in [1.29, 1.82) is 0 Å². The van der Waals surface area contributed by atoms with Crippen LogP contribution in [0.4, 0.5) is 0 Å². The predicted octanol–water partition coefficient (Wildman–Crippen LogP) is 4.23. The van der Waals surface area contributed by atoms with E-state index in [4.69, 9.17) is 10.5 Å². The van der Waals surface area contributed by atoms with E-state index >= 15 is 0 Å². The molecule has 7 heteroatoms. The van der Waals surface area contributed by atoms with E-state index in [-0.39, 0.29) is 17.9 Å². The summed E-state index contributed by atoms with van der Waals surface area (Å²) in [6, 6.07) is 10.3. The number of hydrogen-bond donors (Lipinski definition) is 4. The van der Waals surface area contributed by atoms with Crippen molar-refractivity contribution in [2.24, 2.45) is 16.6 Å². The van der Waals surface area contributed by atoms with E-state index in [0.717, 1.165) is 78.0 Å². The number of aromatic hydroxyl groups is 1. The molecule has 3 heterocycles. The molecular weight excluding hydrogens is 476 g/mol. The van der Waals surface area contributed by atoms with Gasteiger partial charge in [0.15, 0.2) is 17.6 Å². The maximum absolute atomic E-state index is 13.0. The van der Waals surface area contributed by atoms with Gasteiger partial charge in [0.2, 0.25) is 0 Å². The Morgan fingerprint density at radius 3 is 2.95 bits per heavy atom. The molecule has 4 atom stereocenters. The Balaban J connectivity index is 1.29. The Morgan fingerprint density at radius 2 is 2.13 bits per heavy atom. The molecule has 5 aliphatic rings. The number of likely N-dealkylation sites (tertiary alicyclic amines) is 1. The van der Waals surface area contributed by atoms with E-state index in [9.17, 15) is 10.2 Å². The molecule has 3 aromatic rings. The van der Waals surface area contributed by atoms with Gasteiger partial charge in [-0.25, -0.2) is 0 Å². The zero-order valence-corrected chi connectivity index (χ0v) is 22.0. The number of phenolic OH excluding ortho intramolecular Hbond substituents is 1. The summed E-state index contributed by atoms with van der Waals surface area (Å²) in [5, 5.41) is 25.0. The van der Waals surface area contributed by atoms with Crippen LogP contribution in [0.1, 0.15) is 73.1 Å². The molecule has 2 aliphatic heterocycles. The molecule has 1 saturated carbocycles. The van der Waals surface area contributed by atoms with Crippen LogP contribution in [0.25, 0.3) is 10.9 Å². The first-order valence-corrected chi connectivity index (χ1v) is 14.3. The summed E-state index contributed by atoms with van der Waals surface area (Å²) in [5.41, 5.74) is 11.2. The number of aliphatic imine (C=N–C) groups is 1. The minimum atomic E-state index is -0.974. The number of nitrogens with one attached hydrogen (secondary N) is 1. The van der Waals surface area contributed by atoms with E-state index in [2.05, 4.69) is 46.1 Å². The molecule has 8 rings (SSSR count). The van der Waals surface area contributed by atoms with Crippen LogP contribution in [0, 0.1) is 5.92 Å². The van der Waals surface area contributed by atoms with Crippen molar-refractivity contribution < 1.29 is 14.9 Å². The number of phenols is 1. The molecule has 198 valence electrons. The largest absolute Gasteiger partial charge is 0.504 e.